The number of piperazine rings is 1. The van der Waals surface area contributed by atoms with Gasteiger partial charge in [0.05, 0.1) is 18.3 Å². The van der Waals surface area contributed by atoms with Gasteiger partial charge in [-0.25, -0.2) is 13.5 Å². The van der Waals surface area contributed by atoms with E-state index < -0.39 is 41.7 Å². The highest BCUT2D eigenvalue weighted by Crippen LogP contribution is 2.38. The summed E-state index contributed by atoms with van der Waals surface area (Å²) in [7, 11) is 0. The smallest absolute Gasteiger partial charge is 0.471 e. The summed E-state index contributed by atoms with van der Waals surface area (Å²) in [6.45, 7) is -0.328. The van der Waals surface area contributed by atoms with Crippen molar-refractivity contribution in [2.75, 3.05) is 18.0 Å². The summed E-state index contributed by atoms with van der Waals surface area (Å²) >= 11 is 0. The van der Waals surface area contributed by atoms with Gasteiger partial charge in [0.1, 0.15) is 16.9 Å². The Labute approximate surface area is 170 Å². The lowest BCUT2D eigenvalue weighted by molar-refractivity contribution is -0.188. The van der Waals surface area contributed by atoms with Gasteiger partial charge in [-0.05, 0) is 18.6 Å². The number of halogens is 5. The Balaban J connectivity index is 1.49. The van der Waals surface area contributed by atoms with Crippen LogP contribution in [0, 0.1) is 11.6 Å². The SMILES string of the molecule is O=C(N1CC2CC(C1)N2c1nc(O)c2cnn(-c3ccc(F)cc3F)c2n1)C(F)(F)F. The number of carbonyl (C=O) groups is 1. The number of aromatic hydroxyl groups is 1. The van der Waals surface area contributed by atoms with Crippen LogP contribution in [0.2, 0.25) is 0 Å². The van der Waals surface area contributed by atoms with Crippen molar-refractivity contribution in [1.82, 2.24) is 24.6 Å². The van der Waals surface area contributed by atoms with E-state index in [2.05, 4.69) is 15.1 Å². The van der Waals surface area contributed by atoms with Crippen molar-refractivity contribution in [1.29, 1.82) is 0 Å². The van der Waals surface area contributed by atoms with E-state index >= 15 is 0 Å². The van der Waals surface area contributed by atoms with Crippen LogP contribution in [-0.4, -0.2) is 67.0 Å². The van der Waals surface area contributed by atoms with Crippen molar-refractivity contribution in [2.45, 2.75) is 24.7 Å². The fourth-order valence-corrected chi connectivity index (χ4v) is 4.11. The third-order valence-electron chi connectivity index (χ3n) is 5.49. The van der Waals surface area contributed by atoms with Gasteiger partial charge in [0.15, 0.2) is 11.5 Å². The van der Waals surface area contributed by atoms with Crippen molar-refractivity contribution in [2.24, 2.45) is 0 Å². The Kier molecular flexibility index (Phi) is 4.07. The minimum Gasteiger partial charge on any atom is -0.493 e. The van der Waals surface area contributed by atoms with E-state index in [-0.39, 0.29) is 35.8 Å². The number of nitrogens with zero attached hydrogens (tertiary/aromatic N) is 6. The maximum atomic E-state index is 14.2. The molecule has 2 aromatic heterocycles. The standard InChI is InChI=1S/C18H13F5N6O2/c19-8-1-2-13(12(20)3-8)29-14-11(5-24-29)15(30)26-17(25-14)28-9-4-10(28)7-27(6-9)16(31)18(21,22)23/h1-3,5,9-10H,4,6-7H2,(H,25,26,30). The normalized spacial score (nSPS) is 20.8. The lowest BCUT2D eigenvalue weighted by Gasteiger charge is -2.56. The zero-order valence-corrected chi connectivity index (χ0v) is 15.5. The van der Waals surface area contributed by atoms with Gasteiger partial charge in [-0.15, -0.1) is 0 Å². The Morgan fingerprint density at radius 1 is 1.13 bits per heavy atom. The van der Waals surface area contributed by atoms with Crippen LogP contribution >= 0.6 is 0 Å². The second-order valence-corrected chi connectivity index (χ2v) is 7.40. The molecule has 0 spiro atoms. The van der Waals surface area contributed by atoms with Gasteiger partial charge in [-0.2, -0.15) is 28.2 Å². The fraction of sp³-hybridized carbons (Fsp3) is 0.333. The summed E-state index contributed by atoms with van der Waals surface area (Å²) in [5.41, 5.74) is -0.0626. The maximum Gasteiger partial charge on any atom is 0.471 e. The van der Waals surface area contributed by atoms with Crippen LogP contribution < -0.4 is 4.90 Å². The van der Waals surface area contributed by atoms with Crippen LogP contribution in [0.25, 0.3) is 16.7 Å². The molecular weight excluding hydrogens is 427 g/mol. The quantitative estimate of drug-likeness (QED) is 0.615. The maximum absolute atomic E-state index is 14.2. The molecule has 2 bridgehead atoms. The van der Waals surface area contributed by atoms with Gasteiger partial charge in [-0.3, -0.25) is 4.79 Å². The van der Waals surface area contributed by atoms with Crippen molar-refractivity contribution < 1.29 is 31.9 Å². The molecule has 0 saturated carbocycles. The predicted octanol–water partition coefficient (Wildman–Crippen LogP) is 2.15. The summed E-state index contributed by atoms with van der Waals surface area (Å²) < 4.78 is 66.7. The number of carbonyl (C=O) groups excluding carboxylic acids is 1. The molecule has 0 radical (unpaired) electrons. The molecule has 3 saturated heterocycles. The minimum atomic E-state index is -4.95. The number of amides is 1. The summed E-state index contributed by atoms with van der Waals surface area (Å²) in [4.78, 5) is 22.2. The molecule has 3 aromatic rings. The third kappa shape index (κ3) is 3.02. The van der Waals surface area contributed by atoms with Crippen LogP contribution in [0.5, 0.6) is 5.88 Å². The molecule has 1 N–H and O–H groups in total. The first-order chi connectivity index (χ1) is 14.6. The number of piperidine rings is 1. The van der Waals surface area contributed by atoms with Crippen LogP contribution in [0.1, 0.15) is 6.42 Å². The topological polar surface area (TPSA) is 87.4 Å². The van der Waals surface area contributed by atoms with Crippen LogP contribution in [0.4, 0.5) is 27.9 Å². The zero-order valence-electron chi connectivity index (χ0n) is 15.5. The average Bonchev–Trinajstić information content (AvgIpc) is 3.11. The first-order valence-electron chi connectivity index (χ1n) is 9.18. The highest BCUT2D eigenvalue weighted by molar-refractivity contribution is 5.84. The second kappa shape index (κ2) is 6.49. The molecule has 0 aliphatic carbocycles. The summed E-state index contributed by atoms with van der Waals surface area (Å²) in [6.07, 6.45) is -3.19. The van der Waals surface area contributed by atoms with Crippen molar-refractivity contribution in [3.63, 3.8) is 0 Å². The molecule has 1 amide bonds. The average molecular weight is 440 g/mol. The number of fused-ring (bicyclic) bond motifs is 3. The van der Waals surface area contributed by atoms with E-state index in [0.29, 0.717) is 12.5 Å². The molecule has 5 heterocycles. The molecule has 3 aliphatic rings. The number of hydrogen-bond donors (Lipinski definition) is 1. The van der Waals surface area contributed by atoms with Gasteiger partial charge in [0, 0.05) is 19.2 Å². The number of alkyl halides is 3. The van der Waals surface area contributed by atoms with Gasteiger partial charge < -0.3 is 14.9 Å². The number of benzene rings is 1. The van der Waals surface area contributed by atoms with Crippen molar-refractivity contribution >= 4 is 22.9 Å². The molecule has 3 fully saturated rings. The third-order valence-corrected chi connectivity index (χ3v) is 5.49. The Morgan fingerprint density at radius 3 is 2.48 bits per heavy atom. The van der Waals surface area contributed by atoms with E-state index in [1.165, 1.54) is 6.20 Å². The van der Waals surface area contributed by atoms with Gasteiger partial charge in [-0.1, -0.05) is 0 Å². The Hall–Kier alpha value is -3.51. The van der Waals surface area contributed by atoms with Crippen LogP contribution in [-0.2, 0) is 4.79 Å². The van der Waals surface area contributed by atoms with Crippen LogP contribution in [0.15, 0.2) is 24.4 Å². The van der Waals surface area contributed by atoms with Crippen LogP contribution in [0.3, 0.4) is 0 Å². The Bertz CT molecular complexity index is 1200. The first kappa shape index (κ1) is 19.5. The molecule has 162 valence electrons. The highest BCUT2D eigenvalue weighted by atomic mass is 19.4. The van der Waals surface area contributed by atoms with E-state index in [0.717, 1.165) is 21.7 Å². The molecule has 3 aliphatic heterocycles. The molecule has 2 unspecified atom stereocenters. The molecule has 2 atom stereocenters. The van der Waals surface area contributed by atoms with Crippen molar-refractivity contribution in [3.05, 3.63) is 36.0 Å². The minimum absolute atomic E-state index is 0.0228. The number of hydrogen-bond acceptors (Lipinski definition) is 6. The number of anilines is 1. The lowest BCUT2D eigenvalue weighted by Crippen LogP contribution is -2.71. The van der Waals surface area contributed by atoms with E-state index in [1.54, 1.807) is 4.90 Å². The largest absolute Gasteiger partial charge is 0.493 e. The number of rotatable bonds is 2. The van der Waals surface area contributed by atoms with Gasteiger partial charge in [0.25, 0.3) is 0 Å². The van der Waals surface area contributed by atoms with Gasteiger partial charge in [0.2, 0.25) is 11.8 Å². The summed E-state index contributed by atoms with van der Waals surface area (Å²) in [6, 6.07) is 1.97. The number of aromatic nitrogens is 4. The zero-order chi connectivity index (χ0) is 22.1. The molecule has 1 aromatic carbocycles. The van der Waals surface area contributed by atoms with E-state index in [4.69, 9.17) is 0 Å². The fourth-order valence-electron chi connectivity index (χ4n) is 4.11. The first-order valence-corrected chi connectivity index (χ1v) is 9.18. The molecular formula is C18H13F5N6O2. The molecule has 6 rings (SSSR count). The lowest BCUT2D eigenvalue weighted by atomic mass is 9.88. The Morgan fingerprint density at radius 2 is 1.84 bits per heavy atom. The highest BCUT2D eigenvalue weighted by Gasteiger charge is 2.52. The monoisotopic (exact) mass is 440 g/mol. The van der Waals surface area contributed by atoms with Crippen molar-refractivity contribution in [3.8, 4) is 11.6 Å². The second-order valence-electron chi connectivity index (χ2n) is 7.40. The van der Waals surface area contributed by atoms with E-state index in [1.807, 2.05) is 0 Å². The molecule has 13 heteroatoms. The molecule has 8 nitrogen and oxygen atoms in total. The molecule has 31 heavy (non-hydrogen) atoms. The summed E-state index contributed by atoms with van der Waals surface area (Å²) in [5.74, 6) is -3.99. The predicted molar refractivity (Wildman–Crippen MR) is 95.5 cm³/mol. The summed E-state index contributed by atoms with van der Waals surface area (Å²) in [5, 5.41) is 14.4. The van der Waals surface area contributed by atoms with Gasteiger partial charge >= 0.3 is 12.1 Å². The van der Waals surface area contributed by atoms with E-state index in [9.17, 15) is 31.9 Å².